The monoisotopic (exact) mass is 271 g/mol. The van der Waals surface area contributed by atoms with Crippen LogP contribution in [-0.2, 0) is 15.8 Å². The van der Waals surface area contributed by atoms with Gasteiger partial charge in [0.15, 0.2) is 0 Å². The van der Waals surface area contributed by atoms with E-state index in [0.29, 0.717) is 6.42 Å². The maximum atomic E-state index is 11.8. The van der Waals surface area contributed by atoms with Crippen LogP contribution in [-0.4, -0.2) is 35.0 Å². The zero-order chi connectivity index (χ0) is 13.4. The smallest absolute Gasteiger partial charge is 0.304 e. The van der Waals surface area contributed by atoms with Crippen molar-refractivity contribution in [2.75, 3.05) is 19.0 Å². The molecule has 0 spiro atoms. The van der Waals surface area contributed by atoms with E-state index < -0.39 is 13.3 Å². The minimum absolute atomic E-state index is 0.0346. The number of carboxylic acids is 1. The second kappa shape index (κ2) is 7.31. The number of carbonyl (C=O) groups is 1. The molecule has 0 heterocycles. The maximum Gasteiger partial charge on any atom is 0.304 e. The minimum Gasteiger partial charge on any atom is -0.481 e. The Labute approximate surface area is 106 Å². The molecule has 18 heavy (non-hydrogen) atoms. The second-order valence-electron chi connectivity index (χ2n) is 4.11. The van der Waals surface area contributed by atoms with Crippen LogP contribution in [0.2, 0.25) is 0 Å². The molecule has 0 aromatic heterocycles. The highest BCUT2D eigenvalue weighted by Gasteiger charge is 2.17. The summed E-state index contributed by atoms with van der Waals surface area (Å²) in [5.41, 5.74) is 1.03. The van der Waals surface area contributed by atoms with Crippen LogP contribution < -0.4 is 5.32 Å². The van der Waals surface area contributed by atoms with Gasteiger partial charge in [0, 0.05) is 12.7 Å². The van der Waals surface area contributed by atoms with E-state index in [4.69, 9.17) is 5.11 Å². The third kappa shape index (κ3) is 6.55. The van der Waals surface area contributed by atoms with Gasteiger partial charge in [-0.1, -0.05) is 30.3 Å². The van der Waals surface area contributed by atoms with Gasteiger partial charge < -0.3 is 15.3 Å². The summed E-state index contributed by atoms with van der Waals surface area (Å²) in [5.74, 6) is -0.917. The fourth-order valence-electron chi connectivity index (χ4n) is 1.48. The van der Waals surface area contributed by atoms with Gasteiger partial charge in [0.1, 0.15) is 0 Å². The molecule has 0 radical (unpaired) electrons. The molecule has 5 nitrogen and oxygen atoms in total. The van der Waals surface area contributed by atoms with Crippen LogP contribution in [0.4, 0.5) is 0 Å². The molecule has 1 rings (SSSR count). The summed E-state index contributed by atoms with van der Waals surface area (Å²) in [6, 6.07) is 9.51. The van der Waals surface area contributed by atoms with Crippen LogP contribution in [0.1, 0.15) is 12.0 Å². The summed E-state index contributed by atoms with van der Waals surface area (Å²) >= 11 is 0. The van der Waals surface area contributed by atoms with E-state index in [-0.39, 0.29) is 25.4 Å². The molecule has 1 atom stereocenters. The third-order valence-corrected chi connectivity index (χ3v) is 4.11. The Balaban J connectivity index is 2.27. The Bertz CT molecular complexity index is 421. The van der Waals surface area contributed by atoms with Crippen molar-refractivity contribution in [3.05, 3.63) is 35.9 Å². The average Bonchev–Trinajstić information content (AvgIpc) is 2.34. The highest BCUT2D eigenvalue weighted by molar-refractivity contribution is 7.57. The van der Waals surface area contributed by atoms with Crippen LogP contribution in [0.3, 0.4) is 0 Å². The summed E-state index contributed by atoms with van der Waals surface area (Å²) in [4.78, 5) is 19.9. The van der Waals surface area contributed by atoms with Gasteiger partial charge in [-0.3, -0.25) is 9.36 Å². The van der Waals surface area contributed by atoms with Gasteiger partial charge >= 0.3 is 5.97 Å². The van der Waals surface area contributed by atoms with Gasteiger partial charge in [-0.05, 0) is 12.0 Å². The number of hydrogen-bond acceptors (Lipinski definition) is 3. The Morgan fingerprint density at radius 2 is 1.94 bits per heavy atom. The zero-order valence-corrected chi connectivity index (χ0v) is 11.0. The zero-order valence-electron chi connectivity index (χ0n) is 10.1. The van der Waals surface area contributed by atoms with Crippen LogP contribution in [0, 0.1) is 0 Å². The molecule has 0 bridgehead atoms. The van der Waals surface area contributed by atoms with Crippen LogP contribution >= 0.6 is 7.37 Å². The lowest BCUT2D eigenvalue weighted by Gasteiger charge is -2.12. The molecule has 1 aromatic rings. The van der Waals surface area contributed by atoms with Crippen molar-refractivity contribution >= 4 is 13.3 Å². The molecule has 0 saturated carbocycles. The molecule has 0 aliphatic heterocycles. The van der Waals surface area contributed by atoms with Crippen molar-refractivity contribution in [2.24, 2.45) is 0 Å². The van der Waals surface area contributed by atoms with Crippen molar-refractivity contribution in [1.82, 2.24) is 5.32 Å². The summed E-state index contributed by atoms with van der Waals surface area (Å²) in [6.07, 6.45) is 0.679. The van der Waals surface area contributed by atoms with E-state index in [2.05, 4.69) is 5.32 Å². The first-order valence-electron chi connectivity index (χ1n) is 5.77. The quantitative estimate of drug-likeness (QED) is 0.493. The fraction of sp³-hybridized carbons (Fsp3) is 0.417. The van der Waals surface area contributed by atoms with Gasteiger partial charge in [0.05, 0.1) is 12.7 Å². The molecule has 0 aliphatic rings. The molecule has 1 unspecified atom stereocenters. The predicted molar refractivity (Wildman–Crippen MR) is 70.0 cm³/mol. The van der Waals surface area contributed by atoms with E-state index in [0.717, 1.165) is 5.56 Å². The number of nitrogens with one attached hydrogen (secondary N) is 1. The second-order valence-corrected chi connectivity index (χ2v) is 6.56. The first kappa shape index (κ1) is 14.9. The van der Waals surface area contributed by atoms with Crippen LogP contribution in [0.5, 0.6) is 0 Å². The molecule has 0 fully saturated rings. The summed E-state index contributed by atoms with van der Waals surface area (Å²) in [6.45, 7) is 0.214. The van der Waals surface area contributed by atoms with Gasteiger partial charge in [0.2, 0.25) is 7.37 Å². The van der Waals surface area contributed by atoms with Crippen molar-refractivity contribution < 1.29 is 19.4 Å². The topological polar surface area (TPSA) is 86.6 Å². The highest BCUT2D eigenvalue weighted by atomic mass is 31.2. The Morgan fingerprint density at radius 1 is 1.28 bits per heavy atom. The standard InChI is InChI=1S/C12H18NO4P/c14-12(15)6-8-13-10-18(16,17)9-7-11-4-2-1-3-5-11/h1-5,13H,6-10H2,(H,14,15)(H,16,17). The van der Waals surface area contributed by atoms with E-state index in [1.165, 1.54) is 0 Å². The predicted octanol–water partition coefficient (Wildman–Crippen LogP) is 1.52. The fourth-order valence-corrected chi connectivity index (χ4v) is 2.75. The molecular formula is C12H18NO4P. The van der Waals surface area contributed by atoms with Gasteiger partial charge in [-0.25, -0.2) is 0 Å². The Morgan fingerprint density at radius 3 is 2.56 bits per heavy atom. The summed E-state index contributed by atoms with van der Waals surface area (Å²) in [5, 5.41) is 11.1. The largest absolute Gasteiger partial charge is 0.481 e. The summed E-state index contributed by atoms with van der Waals surface area (Å²) < 4.78 is 11.8. The van der Waals surface area contributed by atoms with Crippen LogP contribution in [0.15, 0.2) is 30.3 Å². The number of aryl methyl sites for hydroxylation is 1. The molecule has 1 aromatic carbocycles. The van der Waals surface area contributed by atoms with Crippen molar-refractivity contribution in [3.63, 3.8) is 0 Å². The van der Waals surface area contributed by atoms with E-state index in [1.54, 1.807) is 0 Å². The number of aliphatic carboxylic acids is 1. The highest BCUT2D eigenvalue weighted by Crippen LogP contribution is 2.39. The normalized spacial score (nSPS) is 14.1. The Hall–Kier alpha value is -1.16. The third-order valence-electron chi connectivity index (χ3n) is 2.47. The Kier molecular flexibility index (Phi) is 6.05. The lowest BCUT2D eigenvalue weighted by atomic mass is 10.2. The lowest BCUT2D eigenvalue weighted by molar-refractivity contribution is -0.136. The molecule has 3 N–H and O–H groups in total. The molecule has 0 saturated heterocycles. The van der Waals surface area contributed by atoms with E-state index in [9.17, 15) is 14.3 Å². The number of benzene rings is 1. The van der Waals surface area contributed by atoms with E-state index in [1.807, 2.05) is 30.3 Å². The lowest BCUT2D eigenvalue weighted by Crippen LogP contribution is -2.20. The van der Waals surface area contributed by atoms with Crippen LogP contribution in [0.25, 0.3) is 0 Å². The molecule has 100 valence electrons. The SMILES string of the molecule is O=C(O)CCNCP(=O)(O)CCc1ccccc1. The molecular weight excluding hydrogens is 253 g/mol. The first-order valence-corrected chi connectivity index (χ1v) is 7.80. The maximum absolute atomic E-state index is 11.8. The number of carboxylic acid groups (broad SMARTS) is 1. The number of rotatable bonds is 8. The van der Waals surface area contributed by atoms with Gasteiger partial charge in [0.25, 0.3) is 0 Å². The van der Waals surface area contributed by atoms with Crippen molar-refractivity contribution in [2.45, 2.75) is 12.8 Å². The first-order chi connectivity index (χ1) is 8.49. The molecule has 6 heteroatoms. The molecule has 0 aliphatic carbocycles. The van der Waals surface area contributed by atoms with Gasteiger partial charge in [-0.2, -0.15) is 0 Å². The van der Waals surface area contributed by atoms with E-state index >= 15 is 0 Å². The number of hydrogen-bond donors (Lipinski definition) is 3. The van der Waals surface area contributed by atoms with Gasteiger partial charge in [-0.15, -0.1) is 0 Å². The molecule has 0 amide bonds. The average molecular weight is 271 g/mol. The van der Waals surface area contributed by atoms with Crippen molar-refractivity contribution in [1.29, 1.82) is 0 Å². The summed E-state index contributed by atoms with van der Waals surface area (Å²) in [7, 11) is -3.22. The minimum atomic E-state index is -3.22. The van der Waals surface area contributed by atoms with Crippen molar-refractivity contribution in [3.8, 4) is 0 Å².